The van der Waals surface area contributed by atoms with E-state index in [1.165, 1.54) is 12.8 Å². The van der Waals surface area contributed by atoms with Gasteiger partial charge in [-0.25, -0.2) is 0 Å². The third-order valence-corrected chi connectivity index (χ3v) is 4.96. The van der Waals surface area contributed by atoms with Crippen LogP contribution < -0.4 is 10.2 Å². The van der Waals surface area contributed by atoms with Gasteiger partial charge >= 0.3 is 0 Å². The van der Waals surface area contributed by atoms with Crippen molar-refractivity contribution in [3.05, 3.63) is 28.2 Å². The zero-order chi connectivity index (χ0) is 14.3. The molecule has 1 saturated carbocycles. The molecule has 2 atom stereocenters. The maximum absolute atomic E-state index is 6.18. The van der Waals surface area contributed by atoms with E-state index in [0.29, 0.717) is 18.0 Å². The maximum Gasteiger partial charge on any atom is 0.0441 e. The molecule has 4 heteroatoms. The number of anilines is 1. The summed E-state index contributed by atoms with van der Waals surface area (Å²) in [4.78, 5) is 2.50. The van der Waals surface area contributed by atoms with Crippen LogP contribution in [0, 0.1) is 11.8 Å². The normalized spacial score (nSPS) is 27.1. The number of hydrogen-bond acceptors (Lipinski definition) is 2. The molecular weight excluding hydrogens is 291 g/mol. The predicted octanol–water partition coefficient (Wildman–Crippen LogP) is 4.21. The van der Waals surface area contributed by atoms with E-state index < -0.39 is 0 Å². The van der Waals surface area contributed by atoms with Gasteiger partial charge in [-0.05, 0) is 42.9 Å². The highest BCUT2D eigenvalue weighted by Crippen LogP contribution is 2.37. The Balaban J connectivity index is 1.87. The summed E-state index contributed by atoms with van der Waals surface area (Å²) in [7, 11) is 0. The van der Waals surface area contributed by atoms with Crippen molar-refractivity contribution in [2.24, 2.45) is 11.8 Å². The van der Waals surface area contributed by atoms with Crippen LogP contribution in [-0.4, -0.2) is 25.2 Å². The van der Waals surface area contributed by atoms with Gasteiger partial charge in [0, 0.05) is 40.9 Å². The topological polar surface area (TPSA) is 15.3 Å². The molecule has 1 saturated heterocycles. The Bertz CT molecular complexity index is 465. The van der Waals surface area contributed by atoms with Crippen molar-refractivity contribution in [1.82, 2.24) is 5.32 Å². The van der Waals surface area contributed by atoms with Crippen molar-refractivity contribution < 1.29 is 0 Å². The Kier molecular flexibility index (Phi) is 4.16. The van der Waals surface area contributed by atoms with E-state index in [0.717, 1.165) is 34.7 Å². The quantitative estimate of drug-likeness (QED) is 0.899. The highest BCUT2D eigenvalue weighted by molar-refractivity contribution is 6.35. The number of nitrogens with zero attached hydrogens (tertiary/aromatic N) is 1. The van der Waals surface area contributed by atoms with Crippen LogP contribution in [0.5, 0.6) is 0 Å². The molecule has 2 unspecified atom stereocenters. The molecule has 110 valence electrons. The van der Waals surface area contributed by atoms with Crippen LogP contribution in [0.15, 0.2) is 18.2 Å². The van der Waals surface area contributed by atoms with E-state index in [2.05, 4.69) is 24.1 Å². The summed E-state index contributed by atoms with van der Waals surface area (Å²) in [5.41, 5.74) is 1.16. The molecule has 0 radical (unpaired) electrons. The molecule has 1 aromatic rings. The first-order chi connectivity index (χ1) is 9.54. The first-order valence-electron chi connectivity index (χ1n) is 7.50. The van der Waals surface area contributed by atoms with Gasteiger partial charge in [-0.1, -0.05) is 37.0 Å². The van der Waals surface area contributed by atoms with E-state index in [-0.39, 0.29) is 0 Å². The van der Waals surface area contributed by atoms with Crippen molar-refractivity contribution in [2.45, 2.75) is 38.8 Å². The molecule has 0 spiro atoms. The van der Waals surface area contributed by atoms with Gasteiger partial charge in [0.05, 0.1) is 0 Å². The van der Waals surface area contributed by atoms with E-state index in [9.17, 15) is 0 Å². The first-order valence-corrected chi connectivity index (χ1v) is 8.26. The van der Waals surface area contributed by atoms with Crippen molar-refractivity contribution in [2.75, 3.05) is 18.0 Å². The average Bonchev–Trinajstić information content (AvgIpc) is 3.21. The summed E-state index contributed by atoms with van der Waals surface area (Å²) in [6.07, 6.45) is 2.74. The molecule has 2 nitrogen and oxygen atoms in total. The Morgan fingerprint density at radius 1 is 1.15 bits per heavy atom. The molecule has 1 heterocycles. The first kappa shape index (κ1) is 14.5. The van der Waals surface area contributed by atoms with Gasteiger partial charge in [0.1, 0.15) is 0 Å². The zero-order valence-electron chi connectivity index (χ0n) is 12.1. The summed E-state index contributed by atoms with van der Waals surface area (Å²) in [5, 5.41) is 5.17. The molecule has 2 fully saturated rings. The minimum atomic E-state index is 0.500. The van der Waals surface area contributed by atoms with Gasteiger partial charge in [0.25, 0.3) is 0 Å². The molecule has 0 bridgehead atoms. The number of rotatable bonds is 3. The lowest BCUT2D eigenvalue weighted by atomic mass is 9.96. The molecule has 20 heavy (non-hydrogen) atoms. The number of halogens is 2. The fraction of sp³-hybridized carbons (Fsp3) is 0.625. The lowest BCUT2D eigenvalue weighted by Crippen LogP contribution is -2.59. The van der Waals surface area contributed by atoms with E-state index >= 15 is 0 Å². The standard InChI is InChI=1S/C16H22Cl2N2/c1-10(2)16-8-19-15(11-3-4-11)9-20(16)14-6-12(17)5-13(18)7-14/h5-7,10-11,15-16,19H,3-4,8-9H2,1-2H3. The molecule has 1 aliphatic heterocycles. The molecule has 2 aliphatic rings. The number of benzene rings is 1. The maximum atomic E-state index is 6.18. The van der Waals surface area contributed by atoms with Gasteiger partial charge in [-0.15, -0.1) is 0 Å². The Hall–Kier alpha value is -0.440. The summed E-state index contributed by atoms with van der Waals surface area (Å²) in [6, 6.07) is 7.00. The highest BCUT2D eigenvalue weighted by Gasteiger charge is 2.38. The zero-order valence-corrected chi connectivity index (χ0v) is 13.6. The smallest absolute Gasteiger partial charge is 0.0441 e. The van der Waals surface area contributed by atoms with Gasteiger partial charge in [0.15, 0.2) is 0 Å². The van der Waals surface area contributed by atoms with Gasteiger partial charge in [-0.3, -0.25) is 0 Å². The summed E-state index contributed by atoms with van der Waals surface area (Å²) >= 11 is 12.4. The van der Waals surface area contributed by atoms with Crippen molar-refractivity contribution in [3.8, 4) is 0 Å². The molecular formula is C16H22Cl2N2. The van der Waals surface area contributed by atoms with Crippen LogP contribution in [-0.2, 0) is 0 Å². The summed E-state index contributed by atoms with van der Waals surface area (Å²) in [5.74, 6) is 1.46. The molecule has 1 N–H and O–H groups in total. The number of piperazine rings is 1. The largest absolute Gasteiger partial charge is 0.365 e. The Morgan fingerprint density at radius 3 is 2.35 bits per heavy atom. The van der Waals surface area contributed by atoms with Crippen molar-refractivity contribution >= 4 is 28.9 Å². The molecule has 3 rings (SSSR count). The lowest BCUT2D eigenvalue weighted by molar-refractivity contribution is 0.320. The van der Waals surface area contributed by atoms with E-state index in [1.54, 1.807) is 6.07 Å². The molecule has 0 amide bonds. The van der Waals surface area contributed by atoms with E-state index in [1.807, 2.05) is 12.1 Å². The second-order valence-corrected chi connectivity index (χ2v) is 7.32. The van der Waals surface area contributed by atoms with Crippen LogP contribution in [0.2, 0.25) is 10.0 Å². The van der Waals surface area contributed by atoms with Gasteiger partial charge in [0.2, 0.25) is 0 Å². The SMILES string of the molecule is CC(C)C1CNC(C2CC2)CN1c1cc(Cl)cc(Cl)c1. The number of nitrogens with one attached hydrogen (secondary N) is 1. The minimum Gasteiger partial charge on any atom is -0.365 e. The van der Waals surface area contributed by atoms with Crippen LogP contribution in [0.25, 0.3) is 0 Å². The monoisotopic (exact) mass is 312 g/mol. The molecule has 1 aliphatic carbocycles. The third kappa shape index (κ3) is 3.08. The molecule has 1 aromatic carbocycles. The second-order valence-electron chi connectivity index (χ2n) is 6.44. The molecule has 0 aromatic heterocycles. The minimum absolute atomic E-state index is 0.500. The van der Waals surface area contributed by atoms with Gasteiger partial charge in [-0.2, -0.15) is 0 Å². The Morgan fingerprint density at radius 2 is 1.80 bits per heavy atom. The Labute approximate surface area is 131 Å². The lowest BCUT2D eigenvalue weighted by Gasteiger charge is -2.44. The predicted molar refractivity (Wildman–Crippen MR) is 86.9 cm³/mol. The fourth-order valence-corrected chi connectivity index (χ4v) is 3.72. The second kappa shape index (κ2) is 5.75. The van der Waals surface area contributed by atoms with Crippen LogP contribution in [0.1, 0.15) is 26.7 Å². The van der Waals surface area contributed by atoms with Crippen molar-refractivity contribution in [3.63, 3.8) is 0 Å². The van der Waals surface area contributed by atoms with Crippen LogP contribution in [0.3, 0.4) is 0 Å². The van der Waals surface area contributed by atoms with E-state index in [4.69, 9.17) is 23.2 Å². The number of hydrogen-bond donors (Lipinski definition) is 1. The summed E-state index contributed by atoms with van der Waals surface area (Å²) in [6.45, 7) is 6.67. The summed E-state index contributed by atoms with van der Waals surface area (Å²) < 4.78 is 0. The third-order valence-electron chi connectivity index (χ3n) is 4.52. The average molecular weight is 313 g/mol. The van der Waals surface area contributed by atoms with Crippen LogP contribution in [0.4, 0.5) is 5.69 Å². The fourth-order valence-electron chi connectivity index (χ4n) is 3.21. The van der Waals surface area contributed by atoms with Crippen molar-refractivity contribution in [1.29, 1.82) is 0 Å². The van der Waals surface area contributed by atoms with Crippen LogP contribution >= 0.6 is 23.2 Å². The highest BCUT2D eigenvalue weighted by atomic mass is 35.5. The van der Waals surface area contributed by atoms with Gasteiger partial charge < -0.3 is 10.2 Å².